The molecule has 0 aliphatic rings. The lowest BCUT2D eigenvalue weighted by Gasteiger charge is -2.04. The van der Waals surface area contributed by atoms with E-state index in [-0.39, 0.29) is 11.6 Å². The monoisotopic (exact) mass is 275 g/mol. The smallest absolute Gasteiger partial charge is 0.248 e. The number of benzene rings is 1. The first-order valence-corrected chi connectivity index (χ1v) is 6.68. The minimum absolute atomic E-state index is 0.197. The van der Waals surface area contributed by atoms with Crippen molar-refractivity contribution in [3.63, 3.8) is 0 Å². The molecule has 4 heteroatoms. The van der Waals surface area contributed by atoms with E-state index in [1.54, 1.807) is 36.5 Å². The van der Waals surface area contributed by atoms with E-state index in [0.717, 1.165) is 10.4 Å². The van der Waals surface area contributed by atoms with Gasteiger partial charge in [-0.1, -0.05) is 6.07 Å². The highest BCUT2D eigenvalue weighted by atomic mass is 32.1. The molecule has 1 N–H and O–H groups in total. The number of carbonyl (C=O) groups is 1. The predicted octanol–water partition coefficient (Wildman–Crippen LogP) is 4.16. The van der Waals surface area contributed by atoms with Crippen LogP contribution in [0.1, 0.15) is 15.3 Å². The third kappa shape index (κ3) is 3.76. The fraction of sp³-hybridized carbons (Fsp3) is 0.133. The molecule has 1 heterocycles. The Bertz CT molecular complexity index is 631. The van der Waals surface area contributed by atoms with Crippen LogP contribution in [0.5, 0.6) is 0 Å². The van der Waals surface area contributed by atoms with Crippen LogP contribution in [0.25, 0.3) is 6.08 Å². The van der Waals surface area contributed by atoms with Crippen molar-refractivity contribution in [3.8, 4) is 0 Å². The Kier molecular flexibility index (Phi) is 4.12. The molecule has 2 rings (SSSR count). The quantitative estimate of drug-likeness (QED) is 0.837. The molecular weight excluding hydrogens is 261 g/mol. The van der Waals surface area contributed by atoms with Crippen LogP contribution >= 0.6 is 11.3 Å². The normalized spacial score (nSPS) is 10.9. The Labute approximate surface area is 115 Å². The highest BCUT2D eigenvalue weighted by molar-refractivity contribution is 7.12. The van der Waals surface area contributed by atoms with E-state index in [2.05, 4.69) is 5.32 Å². The summed E-state index contributed by atoms with van der Waals surface area (Å²) >= 11 is 1.60. The van der Waals surface area contributed by atoms with Gasteiger partial charge in [0.1, 0.15) is 5.82 Å². The molecule has 1 aromatic carbocycles. The summed E-state index contributed by atoms with van der Waals surface area (Å²) in [6.45, 7) is 3.80. The van der Waals surface area contributed by atoms with Crippen molar-refractivity contribution in [2.75, 3.05) is 5.32 Å². The highest BCUT2D eigenvalue weighted by Crippen LogP contribution is 2.17. The van der Waals surface area contributed by atoms with Gasteiger partial charge in [-0.05, 0) is 49.8 Å². The van der Waals surface area contributed by atoms with Crippen molar-refractivity contribution >= 4 is 29.0 Å². The van der Waals surface area contributed by atoms with Crippen LogP contribution in [0.15, 0.2) is 36.4 Å². The van der Waals surface area contributed by atoms with Crippen molar-refractivity contribution in [3.05, 3.63) is 57.5 Å². The van der Waals surface area contributed by atoms with Gasteiger partial charge in [0.2, 0.25) is 5.91 Å². The van der Waals surface area contributed by atoms with Crippen LogP contribution in [-0.2, 0) is 4.79 Å². The Hall–Kier alpha value is -1.94. The number of anilines is 1. The molecule has 0 bridgehead atoms. The van der Waals surface area contributed by atoms with E-state index >= 15 is 0 Å². The molecule has 0 saturated heterocycles. The number of hydrogen-bond donors (Lipinski definition) is 1. The summed E-state index contributed by atoms with van der Waals surface area (Å²) in [5.74, 6) is -0.762. The van der Waals surface area contributed by atoms with Crippen molar-refractivity contribution in [1.29, 1.82) is 0 Å². The first-order valence-electron chi connectivity index (χ1n) is 5.86. The molecule has 2 nitrogen and oxygen atoms in total. The summed E-state index contributed by atoms with van der Waals surface area (Å²) in [4.78, 5) is 13.9. The number of rotatable bonds is 3. The van der Waals surface area contributed by atoms with Crippen LogP contribution in [-0.4, -0.2) is 5.91 Å². The second kappa shape index (κ2) is 5.80. The van der Waals surface area contributed by atoms with Crippen molar-refractivity contribution in [1.82, 2.24) is 0 Å². The van der Waals surface area contributed by atoms with Crippen LogP contribution in [0, 0.1) is 19.7 Å². The molecule has 2 aromatic rings. The van der Waals surface area contributed by atoms with Gasteiger partial charge in [-0.25, -0.2) is 4.39 Å². The van der Waals surface area contributed by atoms with E-state index in [1.807, 2.05) is 19.1 Å². The summed E-state index contributed by atoms with van der Waals surface area (Å²) in [6.07, 6.45) is 3.13. The molecule has 1 aromatic heterocycles. The molecule has 0 fully saturated rings. The van der Waals surface area contributed by atoms with E-state index in [0.29, 0.717) is 0 Å². The lowest BCUT2D eigenvalue weighted by atomic mass is 10.2. The van der Waals surface area contributed by atoms with Crippen LogP contribution in [0.3, 0.4) is 0 Å². The molecule has 19 heavy (non-hydrogen) atoms. The number of carbonyl (C=O) groups excluding carboxylic acids is 1. The fourth-order valence-corrected chi connectivity index (χ4v) is 2.38. The number of nitrogens with one attached hydrogen (secondary N) is 1. The Morgan fingerprint density at radius 3 is 2.68 bits per heavy atom. The Morgan fingerprint density at radius 2 is 2.05 bits per heavy atom. The second-order valence-corrected chi connectivity index (χ2v) is 5.57. The van der Waals surface area contributed by atoms with E-state index in [1.165, 1.54) is 17.0 Å². The van der Waals surface area contributed by atoms with Crippen molar-refractivity contribution in [2.45, 2.75) is 13.8 Å². The SMILES string of the molecule is Cc1ccc(NC(=O)/C=C/c2ccc(C)s2)c(F)c1. The van der Waals surface area contributed by atoms with Gasteiger partial charge in [0.25, 0.3) is 0 Å². The fourth-order valence-electron chi connectivity index (χ4n) is 1.60. The average Bonchev–Trinajstić information content (AvgIpc) is 2.76. The third-order valence-corrected chi connectivity index (χ3v) is 3.51. The van der Waals surface area contributed by atoms with Gasteiger partial charge in [-0.3, -0.25) is 4.79 Å². The lowest BCUT2D eigenvalue weighted by molar-refractivity contribution is -0.111. The first-order chi connectivity index (χ1) is 9.04. The largest absolute Gasteiger partial charge is 0.320 e. The number of hydrogen-bond acceptors (Lipinski definition) is 2. The maximum absolute atomic E-state index is 13.5. The maximum Gasteiger partial charge on any atom is 0.248 e. The van der Waals surface area contributed by atoms with E-state index < -0.39 is 5.82 Å². The van der Waals surface area contributed by atoms with Gasteiger partial charge in [0.05, 0.1) is 5.69 Å². The molecule has 0 saturated carbocycles. The first kappa shape index (κ1) is 13.5. The maximum atomic E-state index is 13.5. The van der Waals surface area contributed by atoms with Crippen LogP contribution < -0.4 is 5.32 Å². The van der Waals surface area contributed by atoms with E-state index in [9.17, 15) is 9.18 Å². The third-order valence-electron chi connectivity index (χ3n) is 2.54. The standard InChI is InChI=1S/C15H14FNOS/c1-10-3-7-14(13(16)9-10)17-15(18)8-6-12-5-4-11(2)19-12/h3-9H,1-2H3,(H,17,18)/b8-6+. The Balaban J connectivity index is 2.03. The van der Waals surface area contributed by atoms with Gasteiger partial charge < -0.3 is 5.32 Å². The summed E-state index contributed by atoms with van der Waals surface area (Å²) < 4.78 is 13.5. The van der Waals surface area contributed by atoms with Gasteiger partial charge in [-0.2, -0.15) is 0 Å². The van der Waals surface area contributed by atoms with Gasteiger partial charge in [-0.15, -0.1) is 11.3 Å². The summed E-state index contributed by atoms with van der Waals surface area (Å²) in [5, 5.41) is 2.52. The van der Waals surface area contributed by atoms with Crippen LogP contribution in [0.2, 0.25) is 0 Å². The van der Waals surface area contributed by atoms with Crippen molar-refractivity contribution in [2.24, 2.45) is 0 Å². The molecule has 1 amide bonds. The average molecular weight is 275 g/mol. The molecule has 0 aliphatic carbocycles. The zero-order chi connectivity index (χ0) is 13.8. The molecule has 0 unspecified atom stereocenters. The topological polar surface area (TPSA) is 29.1 Å². The van der Waals surface area contributed by atoms with Gasteiger partial charge >= 0.3 is 0 Å². The summed E-state index contributed by atoms with van der Waals surface area (Å²) in [7, 11) is 0. The lowest BCUT2D eigenvalue weighted by Crippen LogP contribution is -2.09. The van der Waals surface area contributed by atoms with Crippen molar-refractivity contribution < 1.29 is 9.18 Å². The minimum Gasteiger partial charge on any atom is -0.320 e. The zero-order valence-electron chi connectivity index (χ0n) is 10.7. The number of thiophene rings is 1. The number of aryl methyl sites for hydroxylation is 2. The molecule has 0 atom stereocenters. The molecule has 0 radical (unpaired) electrons. The molecular formula is C15H14FNOS. The number of amides is 1. The summed E-state index contributed by atoms with van der Waals surface area (Å²) in [6, 6.07) is 8.64. The predicted molar refractivity (Wildman–Crippen MR) is 77.9 cm³/mol. The van der Waals surface area contributed by atoms with E-state index in [4.69, 9.17) is 0 Å². The molecule has 0 aliphatic heterocycles. The van der Waals surface area contributed by atoms with Gasteiger partial charge in [0, 0.05) is 15.8 Å². The Morgan fingerprint density at radius 1 is 1.26 bits per heavy atom. The van der Waals surface area contributed by atoms with Gasteiger partial charge in [0.15, 0.2) is 0 Å². The molecule has 98 valence electrons. The van der Waals surface area contributed by atoms with Crippen LogP contribution in [0.4, 0.5) is 10.1 Å². The zero-order valence-corrected chi connectivity index (χ0v) is 11.6. The second-order valence-electron chi connectivity index (χ2n) is 4.25. The summed E-state index contributed by atoms with van der Waals surface area (Å²) in [5.41, 5.74) is 1.02. The highest BCUT2D eigenvalue weighted by Gasteiger charge is 2.04. The molecule has 0 spiro atoms. The number of halogens is 1. The minimum atomic E-state index is -0.422.